The fourth-order valence-corrected chi connectivity index (χ4v) is 2.10. The molecule has 50 valence electrons. The van der Waals surface area contributed by atoms with E-state index in [-0.39, 0.29) is 0 Å². The lowest BCUT2D eigenvalue weighted by molar-refractivity contribution is 1.10. The van der Waals surface area contributed by atoms with E-state index < -0.39 is 0 Å². The van der Waals surface area contributed by atoms with Crippen LogP contribution in [-0.4, -0.2) is 14.6 Å². The Labute approximate surface area is 66.8 Å². The van der Waals surface area contributed by atoms with E-state index in [4.69, 9.17) is 11.6 Å². The minimum Gasteiger partial charge on any atom is -0.213 e. The number of nitrogens with zero attached hydrogens (tertiary/aromatic N) is 2. The molecule has 0 aliphatic carbocycles. The van der Waals surface area contributed by atoms with Crippen LogP contribution in [-0.2, 0) is 0 Å². The highest BCUT2D eigenvalue weighted by molar-refractivity contribution is 8.01. The summed E-state index contributed by atoms with van der Waals surface area (Å²) >= 11 is 8.35. The summed E-state index contributed by atoms with van der Waals surface area (Å²) in [5, 5.41) is 0.550. The van der Waals surface area contributed by atoms with Crippen molar-refractivity contribution in [3.05, 3.63) is 5.82 Å². The Kier molecular flexibility index (Phi) is 2.75. The number of rotatable bonds is 2. The van der Waals surface area contributed by atoms with Crippen LogP contribution in [0, 0.1) is 6.92 Å². The van der Waals surface area contributed by atoms with Gasteiger partial charge in [-0.15, -0.1) is 11.6 Å². The Bertz CT molecular complexity index is 188. The molecule has 0 saturated carbocycles. The maximum absolute atomic E-state index is 5.45. The fourth-order valence-electron chi connectivity index (χ4n) is 0.383. The first-order chi connectivity index (χ1) is 4.33. The second-order valence-electron chi connectivity index (χ2n) is 1.36. The van der Waals surface area contributed by atoms with Gasteiger partial charge < -0.3 is 0 Å². The van der Waals surface area contributed by atoms with Crippen molar-refractivity contribution in [3.8, 4) is 0 Å². The molecule has 2 nitrogen and oxygen atoms in total. The van der Waals surface area contributed by atoms with Gasteiger partial charge in [-0.3, -0.25) is 0 Å². The molecule has 0 saturated heterocycles. The molecular formula is C4H5ClN2S2. The van der Waals surface area contributed by atoms with Crippen LogP contribution in [0.25, 0.3) is 0 Å². The first-order valence-electron chi connectivity index (χ1n) is 2.32. The summed E-state index contributed by atoms with van der Waals surface area (Å²) in [5.41, 5.74) is 0. The zero-order valence-corrected chi connectivity index (χ0v) is 7.18. The number of hydrogen-bond donors (Lipinski definition) is 0. The molecule has 1 aromatic heterocycles. The van der Waals surface area contributed by atoms with Crippen LogP contribution >= 0.6 is 34.9 Å². The monoisotopic (exact) mass is 180 g/mol. The van der Waals surface area contributed by atoms with E-state index in [9.17, 15) is 0 Å². The topological polar surface area (TPSA) is 25.8 Å². The maximum Gasteiger partial charge on any atom is 0.171 e. The SMILES string of the molecule is Cc1nsc(SCCl)n1. The Morgan fingerprint density at radius 3 is 3.00 bits per heavy atom. The van der Waals surface area contributed by atoms with Crippen molar-refractivity contribution in [2.24, 2.45) is 0 Å². The average Bonchev–Trinajstić information content (AvgIpc) is 2.17. The molecule has 9 heavy (non-hydrogen) atoms. The van der Waals surface area contributed by atoms with Gasteiger partial charge in [0.05, 0.1) is 5.21 Å². The van der Waals surface area contributed by atoms with Gasteiger partial charge in [-0.1, -0.05) is 11.8 Å². The highest BCUT2D eigenvalue weighted by Gasteiger charge is 1.97. The van der Waals surface area contributed by atoms with Gasteiger partial charge in [0.25, 0.3) is 0 Å². The molecule has 0 aliphatic heterocycles. The van der Waals surface area contributed by atoms with Crippen LogP contribution in [0.1, 0.15) is 5.82 Å². The van der Waals surface area contributed by atoms with Crippen LogP contribution in [0.5, 0.6) is 0 Å². The summed E-state index contributed by atoms with van der Waals surface area (Å²) in [6, 6.07) is 0. The standard InChI is InChI=1S/C4H5ClN2S2/c1-3-6-4(8-2-5)9-7-3/h2H2,1H3. The fraction of sp³-hybridized carbons (Fsp3) is 0.500. The molecule has 0 aliphatic rings. The number of aromatic nitrogens is 2. The number of halogens is 1. The summed E-state index contributed by atoms with van der Waals surface area (Å²) < 4.78 is 4.93. The van der Waals surface area contributed by atoms with E-state index in [0.29, 0.717) is 5.21 Å². The molecule has 1 aromatic rings. The van der Waals surface area contributed by atoms with Gasteiger partial charge in [0.1, 0.15) is 5.82 Å². The highest BCUT2D eigenvalue weighted by atomic mass is 35.5. The quantitative estimate of drug-likeness (QED) is 0.515. The molecule has 0 unspecified atom stereocenters. The van der Waals surface area contributed by atoms with E-state index in [1.807, 2.05) is 6.92 Å². The molecular weight excluding hydrogens is 176 g/mol. The predicted octanol–water partition coefficient (Wildman–Crippen LogP) is 2.13. The molecule has 1 heterocycles. The number of aryl methyl sites for hydroxylation is 1. The third-order valence-electron chi connectivity index (χ3n) is 0.687. The minimum atomic E-state index is 0.550. The second-order valence-corrected chi connectivity index (χ2v) is 3.92. The third-order valence-corrected chi connectivity index (χ3v) is 2.64. The van der Waals surface area contributed by atoms with Crippen molar-refractivity contribution in [3.63, 3.8) is 0 Å². The lowest BCUT2D eigenvalue weighted by Gasteiger charge is -1.82. The molecule has 0 N–H and O–H groups in total. The van der Waals surface area contributed by atoms with E-state index in [0.717, 1.165) is 10.2 Å². The number of thioether (sulfide) groups is 1. The first-order valence-corrected chi connectivity index (χ1v) is 4.61. The molecule has 0 bridgehead atoms. The van der Waals surface area contributed by atoms with Crippen molar-refractivity contribution >= 4 is 34.9 Å². The number of hydrogen-bond acceptors (Lipinski definition) is 4. The maximum atomic E-state index is 5.45. The van der Waals surface area contributed by atoms with Gasteiger partial charge in [0, 0.05) is 0 Å². The van der Waals surface area contributed by atoms with Crippen molar-refractivity contribution in [2.75, 3.05) is 5.21 Å². The van der Waals surface area contributed by atoms with Crippen LogP contribution in [0.2, 0.25) is 0 Å². The predicted molar refractivity (Wildman–Crippen MR) is 41.2 cm³/mol. The van der Waals surface area contributed by atoms with Crippen molar-refractivity contribution in [1.82, 2.24) is 9.36 Å². The Hall–Kier alpha value is 0.200. The third kappa shape index (κ3) is 2.12. The molecule has 0 spiro atoms. The van der Waals surface area contributed by atoms with Gasteiger partial charge in [-0.05, 0) is 18.5 Å². The van der Waals surface area contributed by atoms with Crippen LogP contribution in [0.3, 0.4) is 0 Å². The summed E-state index contributed by atoms with van der Waals surface area (Å²) in [6.45, 7) is 1.87. The molecule has 0 amide bonds. The van der Waals surface area contributed by atoms with Gasteiger partial charge in [0.15, 0.2) is 4.34 Å². The molecule has 0 atom stereocenters. The lowest BCUT2D eigenvalue weighted by Crippen LogP contribution is -1.71. The number of alkyl halides is 1. The van der Waals surface area contributed by atoms with Crippen molar-refractivity contribution in [2.45, 2.75) is 11.3 Å². The van der Waals surface area contributed by atoms with Crippen molar-refractivity contribution < 1.29 is 0 Å². The van der Waals surface area contributed by atoms with Gasteiger partial charge >= 0.3 is 0 Å². The van der Waals surface area contributed by atoms with Gasteiger partial charge in [-0.25, -0.2) is 4.98 Å². The Morgan fingerprint density at radius 1 is 1.78 bits per heavy atom. The molecule has 0 fully saturated rings. The highest BCUT2D eigenvalue weighted by Crippen LogP contribution is 2.20. The molecule has 0 radical (unpaired) electrons. The summed E-state index contributed by atoms with van der Waals surface area (Å²) in [6.07, 6.45) is 0. The van der Waals surface area contributed by atoms with Gasteiger partial charge in [0.2, 0.25) is 0 Å². The Morgan fingerprint density at radius 2 is 2.56 bits per heavy atom. The largest absolute Gasteiger partial charge is 0.213 e. The summed E-state index contributed by atoms with van der Waals surface area (Å²) in [7, 11) is 0. The van der Waals surface area contributed by atoms with Crippen LogP contribution in [0.4, 0.5) is 0 Å². The zero-order chi connectivity index (χ0) is 6.69. The summed E-state index contributed by atoms with van der Waals surface area (Å²) in [4.78, 5) is 4.09. The molecule has 0 aromatic carbocycles. The van der Waals surface area contributed by atoms with E-state index in [2.05, 4.69) is 9.36 Å². The molecule has 1 rings (SSSR count). The smallest absolute Gasteiger partial charge is 0.171 e. The van der Waals surface area contributed by atoms with E-state index in [1.54, 1.807) is 0 Å². The lowest BCUT2D eigenvalue weighted by atomic mass is 10.8. The first kappa shape index (κ1) is 7.31. The zero-order valence-electron chi connectivity index (χ0n) is 4.80. The molecule has 5 heteroatoms. The van der Waals surface area contributed by atoms with E-state index in [1.165, 1.54) is 23.3 Å². The Balaban J connectivity index is 2.61. The minimum absolute atomic E-state index is 0.550. The van der Waals surface area contributed by atoms with Crippen LogP contribution in [0.15, 0.2) is 4.34 Å². The van der Waals surface area contributed by atoms with E-state index >= 15 is 0 Å². The summed E-state index contributed by atoms with van der Waals surface area (Å²) in [5.74, 6) is 0.826. The van der Waals surface area contributed by atoms with Gasteiger partial charge in [-0.2, -0.15) is 4.37 Å². The average molecular weight is 181 g/mol. The van der Waals surface area contributed by atoms with Crippen LogP contribution < -0.4 is 0 Å². The normalized spacial score (nSPS) is 10.0. The van der Waals surface area contributed by atoms with Crippen molar-refractivity contribution in [1.29, 1.82) is 0 Å². The second kappa shape index (κ2) is 3.39.